The normalized spacial score (nSPS) is 26.2. The molecule has 5 heterocycles. The number of amides is 1. The lowest BCUT2D eigenvalue weighted by molar-refractivity contribution is -0.162. The van der Waals surface area contributed by atoms with Crippen LogP contribution in [0.2, 0.25) is 5.15 Å². The number of aromatic nitrogens is 2. The Balaban J connectivity index is 1.74. The number of hydrogen-bond acceptors (Lipinski definition) is 8. The second-order valence-electron chi connectivity index (χ2n) is 11.8. The van der Waals surface area contributed by atoms with Gasteiger partial charge in [0.05, 0.1) is 30.1 Å². The van der Waals surface area contributed by atoms with Crippen LogP contribution < -0.4 is 9.64 Å². The van der Waals surface area contributed by atoms with E-state index in [0.29, 0.717) is 35.3 Å². The number of ether oxygens (including phenoxy) is 3. The van der Waals surface area contributed by atoms with Crippen LogP contribution in [0, 0.1) is 19.7 Å². The summed E-state index contributed by atoms with van der Waals surface area (Å²) in [5.74, 6) is -0.517. The quantitative estimate of drug-likeness (QED) is 0.378. The third-order valence-electron chi connectivity index (χ3n) is 7.68. The van der Waals surface area contributed by atoms with E-state index in [9.17, 15) is 9.59 Å². The SMILES string of the molecule is Cc1nc2c3c(nc(Cl)c(F)c3c1C)OC(C)[C@@H]1[C@@H]3CC[C@](C(=O)OC(C)C)(CN21)N3C(=O)OC(C)(C)C. The number of halogens is 2. The van der Waals surface area contributed by atoms with Gasteiger partial charge in [-0.1, -0.05) is 11.6 Å². The minimum Gasteiger partial charge on any atom is -0.472 e. The predicted octanol–water partition coefficient (Wildman–Crippen LogP) is 5.10. The minimum atomic E-state index is -1.32. The van der Waals surface area contributed by atoms with Crippen LogP contribution in [0.5, 0.6) is 5.88 Å². The Hall–Kier alpha value is -2.88. The molecule has 0 N–H and O–H groups in total. The first-order chi connectivity index (χ1) is 17.7. The van der Waals surface area contributed by atoms with Crippen molar-refractivity contribution in [3.8, 4) is 5.88 Å². The van der Waals surface area contributed by atoms with Crippen LogP contribution in [0.15, 0.2) is 0 Å². The van der Waals surface area contributed by atoms with E-state index in [1.54, 1.807) is 53.4 Å². The summed E-state index contributed by atoms with van der Waals surface area (Å²) >= 11 is 6.20. The molecule has 4 atom stereocenters. The highest BCUT2D eigenvalue weighted by Gasteiger charge is 2.65. The van der Waals surface area contributed by atoms with Gasteiger partial charge in [0.15, 0.2) is 16.5 Å². The number of aryl methyl sites for hydroxylation is 2. The molecule has 0 aromatic carbocycles. The summed E-state index contributed by atoms with van der Waals surface area (Å²) in [5, 5.41) is 0.408. The maximum Gasteiger partial charge on any atom is 0.411 e. The topological polar surface area (TPSA) is 94.1 Å². The van der Waals surface area contributed by atoms with Crippen molar-refractivity contribution >= 4 is 40.3 Å². The molecule has 3 aliphatic rings. The van der Waals surface area contributed by atoms with Crippen molar-refractivity contribution in [2.75, 3.05) is 11.4 Å². The highest BCUT2D eigenvalue weighted by Crippen LogP contribution is 2.50. The Labute approximate surface area is 226 Å². The maximum atomic E-state index is 15.4. The largest absolute Gasteiger partial charge is 0.472 e. The number of carbonyl (C=O) groups is 2. The predicted molar refractivity (Wildman–Crippen MR) is 140 cm³/mol. The van der Waals surface area contributed by atoms with Crippen LogP contribution >= 0.6 is 11.6 Å². The van der Waals surface area contributed by atoms with Gasteiger partial charge >= 0.3 is 12.1 Å². The van der Waals surface area contributed by atoms with Gasteiger partial charge in [0.2, 0.25) is 5.88 Å². The van der Waals surface area contributed by atoms with Crippen molar-refractivity contribution in [1.29, 1.82) is 0 Å². The Morgan fingerprint density at radius 3 is 2.53 bits per heavy atom. The molecular formula is C27H34ClFN4O5. The van der Waals surface area contributed by atoms with Crippen molar-refractivity contribution in [3.05, 3.63) is 22.2 Å². The van der Waals surface area contributed by atoms with E-state index in [1.807, 2.05) is 11.8 Å². The average Bonchev–Trinajstić information content (AvgIpc) is 3.02. The monoisotopic (exact) mass is 548 g/mol. The molecule has 2 bridgehead atoms. The third-order valence-corrected chi connectivity index (χ3v) is 7.93. The molecule has 3 aliphatic heterocycles. The van der Waals surface area contributed by atoms with Gasteiger partial charge in [-0.25, -0.2) is 19.0 Å². The summed E-state index contributed by atoms with van der Waals surface area (Å²) in [7, 11) is 0. The first-order valence-electron chi connectivity index (χ1n) is 13.0. The number of piperazine rings is 1. The minimum absolute atomic E-state index is 0.0843. The summed E-state index contributed by atoms with van der Waals surface area (Å²) < 4.78 is 33.3. The molecular weight excluding hydrogens is 515 g/mol. The molecule has 1 amide bonds. The van der Waals surface area contributed by atoms with Crippen molar-refractivity contribution in [3.63, 3.8) is 0 Å². The van der Waals surface area contributed by atoms with E-state index in [1.165, 1.54) is 0 Å². The fourth-order valence-corrected chi connectivity index (χ4v) is 6.28. The molecule has 1 unspecified atom stereocenters. The number of esters is 1. The number of hydrogen-bond donors (Lipinski definition) is 0. The van der Waals surface area contributed by atoms with Gasteiger partial charge in [-0.05, 0) is 73.8 Å². The van der Waals surface area contributed by atoms with Gasteiger partial charge in [0.25, 0.3) is 0 Å². The lowest BCUT2D eigenvalue weighted by Gasteiger charge is -2.52. The Morgan fingerprint density at radius 2 is 1.89 bits per heavy atom. The second-order valence-corrected chi connectivity index (χ2v) is 12.2. The smallest absolute Gasteiger partial charge is 0.411 e. The van der Waals surface area contributed by atoms with Gasteiger partial charge < -0.3 is 19.1 Å². The Bertz CT molecular complexity index is 1340. The van der Waals surface area contributed by atoms with Crippen LogP contribution in [0.3, 0.4) is 0 Å². The summed E-state index contributed by atoms with van der Waals surface area (Å²) in [6.45, 7) is 14.4. The first kappa shape index (κ1) is 26.7. The fraction of sp³-hybridized carbons (Fsp3) is 0.630. The van der Waals surface area contributed by atoms with E-state index in [4.69, 9.17) is 30.8 Å². The lowest BCUT2D eigenvalue weighted by Crippen LogP contribution is -2.73. The van der Waals surface area contributed by atoms with E-state index in [0.717, 1.165) is 0 Å². The van der Waals surface area contributed by atoms with Crippen molar-refractivity contribution < 1.29 is 28.2 Å². The molecule has 0 spiro atoms. The van der Waals surface area contributed by atoms with Gasteiger partial charge in [-0.15, -0.1) is 0 Å². The first-order valence-corrected chi connectivity index (χ1v) is 13.4. The standard InChI is InChI=1S/C27H34ClFN4O5/c1-12(2)36-24(34)27-10-9-16(33(27)25(35)38-26(6,7)8)20-15(5)37-23-18-17(19(29)21(28)31-23)13(3)14(4)30-22(18)32(20)11-27/h12,15-16,20H,9-11H2,1-8H3/t15?,16-,20+,27+/m0/s1. The van der Waals surface area contributed by atoms with E-state index < -0.39 is 47.2 Å². The van der Waals surface area contributed by atoms with Gasteiger partial charge in [0.1, 0.15) is 17.5 Å². The van der Waals surface area contributed by atoms with E-state index in [-0.39, 0.29) is 29.1 Å². The lowest BCUT2D eigenvalue weighted by atomic mass is 9.91. The maximum absolute atomic E-state index is 15.4. The number of carbonyl (C=O) groups excluding carboxylic acids is 2. The highest BCUT2D eigenvalue weighted by atomic mass is 35.5. The molecule has 2 aromatic rings. The Morgan fingerprint density at radius 1 is 1.21 bits per heavy atom. The number of pyridine rings is 2. The summed E-state index contributed by atoms with van der Waals surface area (Å²) in [6, 6.07) is -0.875. The molecule has 2 fully saturated rings. The van der Waals surface area contributed by atoms with Crippen molar-refractivity contribution in [2.24, 2.45) is 0 Å². The molecule has 5 rings (SSSR count). The third kappa shape index (κ3) is 3.94. The number of anilines is 1. The number of fused-ring (bicyclic) bond motifs is 5. The molecule has 0 saturated carbocycles. The zero-order valence-corrected chi connectivity index (χ0v) is 23.8. The van der Waals surface area contributed by atoms with Gasteiger partial charge in [-0.2, -0.15) is 4.98 Å². The Kier molecular flexibility index (Phi) is 6.21. The van der Waals surface area contributed by atoms with E-state index >= 15 is 4.39 Å². The van der Waals surface area contributed by atoms with Gasteiger partial charge in [0, 0.05) is 11.1 Å². The second kappa shape index (κ2) is 8.83. The van der Waals surface area contributed by atoms with Gasteiger partial charge in [-0.3, -0.25) is 4.90 Å². The number of rotatable bonds is 2. The van der Waals surface area contributed by atoms with Crippen LogP contribution in [-0.4, -0.2) is 68.9 Å². The molecule has 0 radical (unpaired) electrons. The van der Waals surface area contributed by atoms with Crippen molar-refractivity contribution in [2.45, 2.75) is 104 Å². The average molecular weight is 549 g/mol. The summed E-state index contributed by atoms with van der Waals surface area (Å²) in [4.78, 5) is 40.1. The molecule has 0 aliphatic carbocycles. The molecule has 9 nitrogen and oxygen atoms in total. The van der Waals surface area contributed by atoms with Crippen LogP contribution in [0.1, 0.15) is 65.6 Å². The zero-order chi connectivity index (χ0) is 27.9. The fourth-order valence-electron chi connectivity index (χ4n) is 6.11. The number of nitrogens with zero attached hydrogens (tertiary/aromatic N) is 4. The van der Waals surface area contributed by atoms with Crippen LogP contribution in [-0.2, 0) is 14.3 Å². The molecule has 2 aromatic heterocycles. The summed E-state index contributed by atoms with van der Waals surface area (Å²) in [6.07, 6.45) is -0.563. The van der Waals surface area contributed by atoms with Crippen LogP contribution in [0.25, 0.3) is 10.8 Å². The van der Waals surface area contributed by atoms with E-state index in [2.05, 4.69) is 4.98 Å². The van der Waals surface area contributed by atoms with Crippen molar-refractivity contribution in [1.82, 2.24) is 14.9 Å². The van der Waals surface area contributed by atoms with Crippen LogP contribution in [0.4, 0.5) is 15.0 Å². The highest BCUT2D eigenvalue weighted by molar-refractivity contribution is 6.30. The molecule has 38 heavy (non-hydrogen) atoms. The molecule has 206 valence electrons. The zero-order valence-electron chi connectivity index (χ0n) is 23.0. The molecule has 11 heteroatoms. The summed E-state index contributed by atoms with van der Waals surface area (Å²) in [5.41, 5.74) is -0.832. The molecule has 2 saturated heterocycles.